The number of benzene rings is 1. The number of halogens is 1. The van der Waals surface area contributed by atoms with Crippen LogP contribution in [0.2, 0.25) is 0 Å². The van der Waals surface area contributed by atoms with Crippen molar-refractivity contribution in [2.75, 3.05) is 6.61 Å². The summed E-state index contributed by atoms with van der Waals surface area (Å²) in [7, 11) is 0. The second kappa shape index (κ2) is 3.82. The van der Waals surface area contributed by atoms with E-state index in [1.165, 1.54) is 6.07 Å². The van der Waals surface area contributed by atoms with E-state index in [9.17, 15) is 9.18 Å². The van der Waals surface area contributed by atoms with Crippen molar-refractivity contribution in [2.45, 2.75) is 0 Å². The van der Waals surface area contributed by atoms with Crippen LogP contribution in [0, 0.1) is 5.82 Å². The molecule has 0 radical (unpaired) electrons. The molecule has 78 valence electrons. The molecule has 1 aromatic heterocycles. The molecule has 0 bridgehead atoms. The molecule has 0 unspecified atom stereocenters. The van der Waals surface area contributed by atoms with Gasteiger partial charge in [0.1, 0.15) is 11.3 Å². The van der Waals surface area contributed by atoms with E-state index in [1.807, 2.05) is 0 Å². The number of hydrogen-bond donors (Lipinski definition) is 1. The molecule has 0 fully saturated rings. The zero-order valence-corrected chi connectivity index (χ0v) is 8.25. The summed E-state index contributed by atoms with van der Waals surface area (Å²) in [6.07, 6.45) is 0. The van der Waals surface area contributed by atoms with Crippen molar-refractivity contribution in [3.8, 4) is 5.19 Å². The molecule has 15 heavy (non-hydrogen) atoms. The maximum atomic E-state index is 13.2. The van der Waals surface area contributed by atoms with E-state index in [-0.39, 0.29) is 10.7 Å². The summed E-state index contributed by atoms with van der Waals surface area (Å²) < 4.78 is 18.7. The number of carbonyl (C=O) groups is 1. The first-order valence-corrected chi connectivity index (χ1v) is 4.88. The average Bonchev–Trinajstić information content (AvgIpc) is 2.59. The van der Waals surface area contributed by atoms with Gasteiger partial charge in [-0.15, -0.1) is 0 Å². The number of hydrogen-bond acceptors (Lipinski definition) is 4. The van der Waals surface area contributed by atoms with Gasteiger partial charge in [0.2, 0.25) is 0 Å². The predicted octanol–water partition coefficient (Wildman–Crippen LogP) is 1.90. The summed E-state index contributed by atoms with van der Waals surface area (Å²) in [5, 5.41) is 8.55. The van der Waals surface area contributed by atoms with Crippen molar-refractivity contribution >= 4 is 27.5 Å². The van der Waals surface area contributed by atoms with Crippen LogP contribution >= 0.6 is 11.3 Å². The van der Waals surface area contributed by atoms with Crippen molar-refractivity contribution in [1.29, 1.82) is 0 Å². The third-order valence-corrected chi connectivity index (χ3v) is 2.60. The SMILES string of the molecule is O=C(O)COc1nc2c(F)cccc2s1. The van der Waals surface area contributed by atoms with Gasteiger partial charge in [-0.3, -0.25) is 0 Å². The fourth-order valence-electron chi connectivity index (χ4n) is 1.08. The van der Waals surface area contributed by atoms with Gasteiger partial charge in [0.05, 0.1) is 4.70 Å². The van der Waals surface area contributed by atoms with Gasteiger partial charge in [-0.25, -0.2) is 9.18 Å². The molecule has 2 rings (SSSR count). The monoisotopic (exact) mass is 227 g/mol. The van der Waals surface area contributed by atoms with Crippen molar-refractivity contribution in [1.82, 2.24) is 4.98 Å². The van der Waals surface area contributed by atoms with Gasteiger partial charge in [0.25, 0.3) is 5.19 Å². The number of aromatic nitrogens is 1. The number of para-hydroxylation sites is 1. The lowest BCUT2D eigenvalue weighted by atomic mass is 10.3. The lowest BCUT2D eigenvalue weighted by Crippen LogP contribution is -2.09. The van der Waals surface area contributed by atoms with Gasteiger partial charge in [0.15, 0.2) is 6.61 Å². The predicted molar refractivity (Wildman–Crippen MR) is 52.7 cm³/mol. The normalized spacial score (nSPS) is 10.5. The van der Waals surface area contributed by atoms with Crippen molar-refractivity contribution in [3.05, 3.63) is 24.0 Å². The molecule has 1 aromatic carbocycles. The van der Waals surface area contributed by atoms with Gasteiger partial charge < -0.3 is 9.84 Å². The second-order valence-electron chi connectivity index (χ2n) is 2.75. The Morgan fingerprint density at radius 2 is 2.40 bits per heavy atom. The molecule has 1 heterocycles. The van der Waals surface area contributed by atoms with E-state index in [2.05, 4.69) is 4.98 Å². The molecule has 0 saturated heterocycles. The van der Waals surface area contributed by atoms with Gasteiger partial charge in [-0.05, 0) is 12.1 Å². The lowest BCUT2D eigenvalue weighted by molar-refractivity contribution is -0.139. The molecule has 0 aliphatic heterocycles. The molecule has 2 aromatic rings. The number of fused-ring (bicyclic) bond motifs is 1. The maximum Gasteiger partial charge on any atom is 0.341 e. The highest BCUT2D eigenvalue weighted by Gasteiger charge is 2.09. The van der Waals surface area contributed by atoms with Gasteiger partial charge >= 0.3 is 5.97 Å². The van der Waals surface area contributed by atoms with Gasteiger partial charge in [-0.2, -0.15) is 4.98 Å². The van der Waals surface area contributed by atoms with E-state index in [4.69, 9.17) is 9.84 Å². The molecule has 0 atom stereocenters. The van der Waals surface area contributed by atoms with Crippen LogP contribution in [0.25, 0.3) is 10.2 Å². The number of carboxylic acids is 1. The molecule has 6 heteroatoms. The fraction of sp³-hybridized carbons (Fsp3) is 0.111. The minimum absolute atomic E-state index is 0.164. The number of thiazole rings is 1. The molecule has 0 saturated carbocycles. The maximum absolute atomic E-state index is 13.2. The Labute approximate surface area is 87.9 Å². The number of carboxylic acid groups (broad SMARTS) is 1. The summed E-state index contributed by atoms with van der Waals surface area (Å²) in [5.74, 6) is -1.52. The summed E-state index contributed by atoms with van der Waals surface area (Å²) in [5.41, 5.74) is 0.211. The molecule has 1 N–H and O–H groups in total. The molecular weight excluding hydrogens is 221 g/mol. The first-order chi connectivity index (χ1) is 7.16. The van der Waals surface area contributed by atoms with Crippen molar-refractivity contribution < 1.29 is 19.0 Å². The first kappa shape index (κ1) is 9.85. The van der Waals surface area contributed by atoms with Gasteiger partial charge in [-0.1, -0.05) is 17.4 Å². The van der Waals surface area contributed by atoms with Crippen LogP contribution in [0.15, 0.2) is 18.2 Å². The molecule has 0 amide bonds. The Hall–Kier alpha value is -1.69. The van der Waals surface area contributed by atoms with Crippen LogP contribution in [0.1, 0.15) is 0 Å². The van der Waals surface area contributed by atoms with E-state index in [1.54, 1.807) is 12.1 Å². The summed E-state index contributed by atoms with van der Waals surface area (Å²) >= 11 is 1.12. The molecule has 0 spiro atoms. The smallest absolute Gasteiger partial charge is 0.341 e. The van der Waals surface area contributed by atoms with Crippen LogP contribution in [0.5, 0.6) is 5.19 Å². The average molecular weight is 227 g/mol. The van der Waals surface area contributed by atoms with E-state index in [0.29, 0.717) is 4.70 Å². The van der Waals surface area contributed by atoms with Crippen LogP contribution in [0.4, 0.5) is 4.39 Å². The highest BCUT2D eigenvalue weighted by Crippen LogP contribution is 2.28. The minimum atomic E-state index is -1.09. The molecule has 4 nitrogen and oxygen atoms in total. The van der Waals surface area contributed by atoms with Crippen molar-refractivity contribution in [3.63, 3.8) is 0 Å². The van der Waals surface area contributed by atoms with Crippen LogP contribution < -0.4 is 4.74 Å². The largest absolute Gasteiger partial charge is 0.479 e. The molecule has 0 aliphatic rings. The van der Waals surface area contributed by atoms with Crippen LogP contribution in [-0.2, 0) is 4.79 Å². The van der Waals surface area contributed by atoms with E-state index >= 15 is 0 Å². The summed E-state index contributed by atoms with van der Waals surface area (Å²) in [6.45, 7) is -0.471. The second-order valence-corrected chi connectivity index (χ2v) is 3.74. The molecular formula is C9H6FNO3S. The number of rotatable bonds is 3. The standard InChI is InChI=1S/C9H6FNO3S/c10-5-2-1-3-6-8(5)11-9(15-6)14-4-7(12)13/h1-3H,4H2,(H,12,13). The molecule has 0 aliphatic carbocycles. The first-order valence-electron chi connectivity index (χ1n) is 4.06. The fourth-order valence-corrected chi connectivity index (χ4v) is 1.91. The minimum Gasteiger partial charge on any atom is -0.479 e. The Bertz CT molecular complexity index is 511. The number of nitrogens with zero attached hydrogens (tertiary/aromatic N) is 1. The summed E-state index contributed by atoms with van der Waals surface area (Å²) in [6, 6.07) is 4.56. The van der Waals surface area contributed by atoms with Crippen molar-refractivity contribution in [2.24, 2.45) is 0 Å². The van der Waals surface area contributed by atoms with E-state index < -0.39 is 18.4 Å². The highest BCUT2D eigenvalue weighted by molar-refractivity contribution is 7.20. The van der Waals surface area contributed by atoms with E-state index in [0.717, 1.165) is 11.3 Å². The van der Waals surface area contributed by atoms with Crippen LogP contribution in [0.3, 0.4) is 0 Å². The van der Waals surface area contributed by atoms with Crippen LogP contribution in [-0.4, -0.2) is 22.7 Å². The quantitative estimate of drug-likeness (QED) is 0.869. The Kier molecular flexibility index (Phi) is 2.51. The Balaban J connectivity index is 2.31. The Morgan fingerprint density at radius 1 is 1.60 bits per heavy atom. The van der Waals surface area contributed by atoms with Gasteiger partial charge in [0, 0.05) is 0 Å². The third kappa shape index (κ3) is 2.04. The summed E-state index contributed by atoms with van der Waals surface area (Å²) in [4.78, 5) is 14.1. The zero-order chi connectivity index (χ0) is 10.8. The lowest BCUT2D eigenvalue weighted by Gasteiger charge is -1.94. The topological polar surface area (TPSA) is 59.4 Å². The number of aliphatic carboxylic acids is 1. The number of ether oxygens (including phenoxy) is 1. The third-order valence-electron chi connectivity index (χ3n) is 1.67. The zero-order valence-electron chi connectivity index (χ0n) is 7.44. The highest BCUT2D eigenvalue weighted by atomic mass is 32.1. The Morgan fingerprint density at radius 3 is 3.07 bits per heavy atom.